The van der Waals surface area contributed by atoms with Crippen LogP contribution in [0.1, 0.15) is 201 Å². The van der Waals surface area contributed by atoms with Gasteiger partial charge in [-0.25, -0.2) is 0 Å². The molecule has 2 heteroatoms. The van der Waals surface area contributed by atoms with Crippen LogP contribution in [-0.4, -0.2) is 11.1 Å². The van der Waals surface area contributed by atoms with Gasteiger partial charge >= 0.3 is 5.97 Å². The molecule has 212 valence electrons. The Morgan fingerprint density at radius 2 is 0.714 bits per heavy atom. The van der Waals surface area contributed by atoms with Gasteiger partial charge in [-0.05, 0) is 12.3 Å². The zero-order valence-corrected chi connectivity index (χ0v) is 25.0. The second-order valence-electron chi connectivity index (χ2n) is 11.5. The average Bonchev–Trinajstić information content (AvgIpc) is 2.83. The molecule has 0 aliphatic carbocycles. The Kier molecular flexibility index (Phi) is 35.0. The lowest BCUT2D eigenvalue weighted by Gasteiger charge is -2.04. The topological polar surface area (TPSA) is 37.3 Å². The molecule has 2 nitrogen and oxygen atoms in total. The van der Waals surface area contributed by atoms with Crippen molar-refractivity contribution in [2.75, 3.05) is 0 Å². The van der Waals surface area contributed by atoms with E-state index in [2.05, 4.69) is 27.7 Å². The van der Waals surface area contributed by atoms with E-state index in [9.17, 15) is 4.79 Å². The molecule has 0 unspecified atom stereocenters. The van der Waals surface area contributed by atoms with Gasteiger partial charge in [-0.15, -0.1) is 0 Å². The summed E-state index contributed by atoms with van der Waals surface area (Å²) in [6, 6.07) is 0. The van der Waals surface area contributed by atoms with Gasteiger partial charge in [0.1, 0.15) is 0 Å². The summed E-state index contributed by atoms with van der Waals surface area (Å²) in [7, 11) is 0. The zero-order valence-electron chi connectivity index (χ0n) is 25.0. The van der Waals surface area contributed by atoms with Gasteiger partial charge in [-0.1, -0.05) is 188 Å². The number of carbonyl (C=O) groups is 1. The molecule has 0 rings (SSSR count). The molecule has 0 heterocycles. The summed E-state index contributed by atoms with van der Waals surface area (Å²) in [6.45, 7) is 9.21. The fraction of sp³-hybridized carbons (Fsp3) is 0.970. The maximum absolute atomic E-state index is 10.3. The summed E-state index contributed by atoms with van der Waals surface area (Å²) in [6.07, 6.45) is 36.3. The van der Waals surface area contributed by atoms with E-state index in [0.29, 0.717) is 6.42 Å². The maximum atomic E-state index is 10.3. The van der Waals surface area contributed by atoms with E-state index in [-0.39, 0.29) is 0 Å². The summed E-state index contributed by atoms with van der Waals surface area (Å²) in [5.41, 5.74) is 0. The molecule has 35 heavy (non-hydrogen) atoms. The van der Waals surface area contributed by atoms with Gasteiger partial charge in [0.2, 0.25) is 0 Å². The Labute approximate surface area is 222 Å². The molecule has 0 bridgehead atoms. The van der Waals surface area contributed by atoms with Crippen molar-refractivity contribution in [1.82, 2.24) is 0 Å². The monoisotopic (exact) mass is 497 g/mol. The highest BCUT2D eigenvalue weighted by Gasteiger charge is 1.97. The lowest BCUT2D eigenvalue weighted by molar-refractivity contribution is -0.137. The number of carboxylic acid groups (broad SMARTS) is 1. The Bertz CT molecular complexity index is 377. The molecule has 0 aromatic rings. The van der Waals surface area contributed by atoms with E-state index < -0.39 is 5.97 Å². The predicted octanol–water partition coefficient (Wildman–Crippen LogP) is 12.3. The van der Waals surface area contributed by atoms with Crippen LogP contribution in [0.3, 0.4) is 0 Å². The van der Waals surface area contributed by atoms with Crippen molar-refractivity contribution in [2.45, 2.75) is 201 Å². The van der Waals surface area contributed by atoms with Crippen molar-refractivity contribution in [3.05, 3.63) is 0 Å². The third-order valence-corrected chi connectivity index (χ3v) is 7.13. The minimum Gasteiger partial charge on any atom is -0.481 e. The van der Waals surface area contributed by atoms with Gasteiger partial charge in [0, 0.05) is 6.42 Å². The molecule has 0 aliphatic rings. The van der Waals surface area contributed by atoms with E-state index in [1.165, 1.54) is 154 Å². The molecule has 0 saturated carbocycles. The molecule has 0 atom stereocenters. The zero-order chi connectivity index (χ0) is 26.2. The van der Waals surface area contributed by atoms with Crippen molar-refractivity contribution >= 4 is 5.97 Å². The molecular formula is C33H68O2. The number of carboxylic acids is 1. The van der Waals surface area contributed by atoms with Crippen LogP contribution in [0.5, 0.6) is 0 Å². The average molecular weight is 497 g/mol. The van der Waals surface area contributed by atoms with Gasteiger partial charge in [-0.3, -0.25) is 4.79 Å². The second kappa shape index (κ2) is 33.5. The van der Waals surface area contributed by atoms with E-state index >= 15 is 0 Å². The Morgan fingerprint density at radius 3 is 0.971 bits per heavy atom. The van der Waals surface area contributed by atoms with E-state index in [0.717, 1.165) is 18.8 Å². The molecule has 0 saturated heterocycles. The first-order valence-corrected chi connectivity index (χ1v) is 16.3. The van der Waals surface area contributed by atoms with E-state index in [4.69, 9.17) is 5.11 Å². The van der Waals surface area contributed by atoms with Crippen LogP contribution in [0.15, 0.2) is 0 Å². The van der Waals surface area contributed by atoms with Crippen LogP contribution in [0.25, 0.3) is 0 Å². The minimum atomic E-state index is -0.655. The number of unbranched alkanes of at least 4 members (excludes halogenated alkanes) is 23. The summed E-state index contributed by atoms with van der Waals surface area (Å²) < 4.78 is 0. The highest BCUT2D eigenvalue weighted by molar-refractivity contribution is 5.66. The van der Waals surface area contributed by atoms with E-state index in [1.807, 2.05) is 0 Å². The van der Waals surface area contributed by atoms with Crippen LogP contribution in [0.4, 0.5) is 0 Å². The van der Waals surface area contributed by atoms with Crippen molar-refractivity contribution < 1.29 is 9.90 Å². The number of rotatable bonds is 27. The first kappa shape index (κ1) is 36.6. The maximum Gasteiger partial charge on any atom is 0.303 e. The van der Waals surface area contributed by atoms with Gasteiger partial charge in [0.15, 0.2) is 0 Å². The molecule has 0 aromatic heterocycles. The van der Waals surface area contributed by atoms with Crippen LogP contribution in [-0.2, 0) is 4.79 Å². The SMILES string of the molecule is CCCCCCCCCCCCCCC(=O)O.CCCCCCCCCCCCCCCC(C)C. The normalized spacial score (nSPS) is 11.0. The first-order valence-electron chi connectivity index (χ1n) is 16.3. The fourth-order valence-electron chi connectivity index (χ4n) is 4.69. The van der Waals surface area contributed by atoms with Crippen molar-refractivity contribution in [2.24, 2.45) is 5.92 Å². The van der Waals surface area contributed by atoms with Gasteiger partial charge < -0.3 is 5.11 Å². The molecule has 0 radical (unpaired) electrons. The standard InChI is InChI=1S/C18H38.C15H30O2/c1-4-5-6-7-8-9-10-11-12-13-14-15-16-17-18(2)3;1-2-3-4-5-6-7-8-9-10-11-12-13-14-15(16)17/h18H,4-17H2,1-3H3;2-14H2,1H3,(H,16,17). The molecule has 0 amide bonds. The fourth-order valence-corrected chi connectivity index (χ4v) is 4.69. The minimum absolute atomic E-state index is 0.345. The highest BCUT2D eigenvalue weighted by atomic mass is 16.4. The smallest absolute Gasteiger partial charge is 0.303 e. The van der Waals surface area contributed by atoms with Gasteiger partial charge in [0.05, 0.1) is 0 Å². The summed E-state index contributed by atoms with van der Waals surface area (Å²) in [5, 5.41) is 8.47. The quantitative estimate of drug-likeness (QED) is 0.115. The molecule has 0 aliphatic heterocycles. The summed E-state index contributed by atoms with van der Waals surface area (Å²) >= 11 is 0. The summed E-state index contributed by atoms with van der Waals surface area (Å²) in [5.74, 6) is 0.245. The Balaban J connectivity index is 0. The third kappa shape index (κ3) is 40.9. The number of hydrogen-bond acceptors (Lipinski definition) is 1. The third-order valence-electron chi connectivity index (χ3n) is 7.13. The van der Waals surface area contributed by atoms with Crippen LogP contribution in [0.2, 0.25) is 0 Å². The predicted molar refractivity (Wildman–Crippen MR) is 158 cm³/mol. The Morgan fingerprint density at radius 1 is 0.457 bits per heavy atom. The lowest BCUT2D eigenvalue weighted by atomic mass is 10.0. The largest absolute Gasteiger partial charge is 0.481 e. The second-order valence-corrected chi connectivity index (χ2v) is 11.5. The van der Waals surface area contributed by atoms with Crippen LogP contribution < -0.4 is 0 Å². The van der Waals surface area contributed by atoms with Gasteiger partial charge in [0.25, 0.3) is 0 Å². The molecule has 1 N–H and O–H groups in total. The first-order chi connectivity index (χ1) is 17.0. The van der Waals surface area contributed by atoms with Crippen molar-refractivity contribution in [3.63, 3.8) is 0 Å². The number of hydrogen-bond donors (Lipinski definition) is 1. The number of aliphatic carboxylic acids is 1. The molecule has 0 aromatic carbocycles. The van der Waals surface area contributed by atoms with Crippen molar-refractivity contribution in [3.8, 4) is 0 Å². The van der Waals surface area contributed by atoms with Crippen LogP contribution >= 0.6 is 0 Å². The molecule has 0 fully saturated rings. The molecule has 0 spiro atoms. The van der Waals surface area contributed by atoms with E-state index in [1.54, 1.807) is 0 Å². The Hall–Kier alpha value is -0.530. The van der Waals surface area contributed by atoms with Crippen molar-refractivity contribution in [1.29, 1.82) is 0 Å². The van der Waals surface area contributed by atoms with Gasteiger partial charge in [-0.2, -0.15) is 0 Å². The van der Waals surface area contributed by atoms with Crippen LogP contribution in [0, 0.1) is 5.92 Å². The molecular weight excluding hydrogens is 428 g/mol. The highest BCUT2D eigenvalue weighted by Crippen LogP contribution is 2.14. The lowest BCUT2D eigenvalue weighted by Crippen LogP contribution is -1.93. The summed E-state index contributed by atoms with van der Waals surface area (Å²) in [4.78, 5) is 10.3.